The van der Waals surface area contributed by atoms with Crippen LogP contribution in [0.5, 0.6) is 0 Å². The number of ether oxygens (including phenoxy) is 2. The minimum absolute atomic E-state index is 0.00419. The molecule has 12 nitrogen and oxygen atoms in total. The summed E-state index contributed by atoms with van der Waals surface area (Å²) in [6.45, 7) is 3.54. The van der Waals surface area contributed by atoms with Crippen molar-refractivity contribution in [1.29, 1.82) is 0 Å². The first-order chi connectivity index (χ1) is 26.8. The molecule has 2 aromatic carbocycles. The molecule has 2 amide bonds. The van der Waals surface area contributed by atoms with Crippen LogP contribution in [0.3, 0.4) is 0 Å². The number of nitrogens with one attached hydrogen (secondary N) is 2. The maximum absolute atomic E-state index is 14.0. The number of benzene rings is 2. The molecule has 56 heavy (non-hydrogen) atoms. The summed E-state index contributed by atoms with van der Waals surface area (Å²) in [6, 6.07) is 15.9. The molecule has 12 heteroatoms. The van der Waals surface area contributed by atoms with Crippen molar-refractivity contribution in [3.63, 3.8) is 0 Å². The van der Waals surface area contributed by atoms with E-state index in [9.17, 15) is 33.9 Å². The average molecular weight is 770 g/mol. The van der Waals surface area contributed by atoms with Crippen LogP contribution in [0.4, 0.5) is 4.79 Å². The van der Waals surface area contributed by atoms with E-state index in [1.807, 2.05) is 67.6 Å². The third-order valence-corrected chi connectivity index (χ3v) is 13.3. The van der Waals surface area contributed by atoms with Gasteiger partial charge in [-0.25, -0.2) is 9.59 Å². The highest BCUT2D eigenvalue weighted by molar-refractivity contribution is 5.96. The Morgan fingerprint density at radius 1 is 0.875 bits per heavy atom. The fraction of sp³-hybridized carbons (Fsp3) is 0.545. The lowest BCUT2D eigenvalue weighted by Gasteiger charge is -2.57. The normalized spacial score (nSPS) is 29.1. The van der Waals surface area contributed by atoms with Crippen molar-refractivity contribution in [2.45, 2.75) is 109 Å². The van der Waals surface area contributed by atoms with Gasteiger partial charge in [0.2, 0.25) is 11.7 Å². The van der Waals surface area contributed by atoms with E-state index in [0.29, 0.717) is 51.5 Å². The van der Waals surface area contributed by atoms with Crippen LogP contribution >= 0.6 is 0 Å². The third kappa shape index (κ3) is 8.37. The van der Waals surface area contributed by atoms with E-state index < -0.39 is 58.9 Å². The van der Waals surface area contributed by atoms with E-state index in [2.05, 4.69) is 17.6 Å². The molecule has 4 aliphatic carbocycles. The van der Waals surface area contributed by atoms with E-state index in [0.717, 1.165) is 16.7 Å². The van der Waals surface area contributed by atoms with E-state index in [1.165, 1.54) is 0 Å². The molecule has 2 aromatic rings. The number of allylic oxidation sites excluding steroid dienone is 1. The van der Waals surface area contributed by atoms with E-state index in [-0.39, 0.29) is 61.6 Å². The topological polar surface area (TPSA) is 191 Å². The number of esters is 1. The van der Waals surface area contributed by atoms with Crippen molar-refractivity contribution in [2.75, 3.05) is 13.2 Å². The molecule has 0 radical (unpaired) electrons. The summed E-state index contributed by atoms with van der Waals surface area (Å²) >= 11 is 0. The molecule has 0 aromatic heterocycles. The molecule has 0 saturated heterocycles. The molecule has 0 bridgehead atoms. The molecule has 8 atom stereocenters. The number of aliphatic hydroxyl groups is 1. The number of unbranched alkanes of at least 4 members (excludes halogenated alkanes) is 1. The smallest absolute Gasteiger partial charge is 0.408 e. The van der Waals surface area contributed by atoms with Crippen molar-refractivity contribution in [1.82, 2.24) is 10.6 Å². The van der Waals surface area contributed by atoms with Crippen molar-refractivity contribution in [3.8, 4) is 0 Å². The van der Waals surface area contributed by atoms with Crippen LogP contribution in [0.1, 0.15) is 89.2 Å². The summed E-state index contributed by atoms with van der Waals surface area (Å²) in [5.41, 5.74) is 4.96. The SMILES string of the molecule is C[C@]12CCC(=O)C=C1CCC1C2C(=O)C[C@@]2(C)C1CC[C@]2(O)C(=O)COC(=O)[C@H](CCCCN)NC(=O)C(Cc1ccccc1)NC(=O)OCc1ccccc1. The van der Waals surface area contributed by atoms with Crippen LogP contribution in [-0.2, 0) is 46.5 Å². The Labute approximate surface area is 328 Å². The zero-order chi connectivity index (χ0) is 40.1. The van der Waals surface area contributed by atoms with Gasteiger partial charge in [0, 0.05) is 30.6 Å². The Kier molecular flexibility index (Phi) is 12.6. The number of rotatable bonds is 15. The molecule has 6 rings (SSSR count). The fourth-order valence-electron chi connectivity index (χ4n) is 10.2. The lowest BCUT2D eigenvalue weighted by Crippen LogP contribution is -2.61. The number of hydrogen-bond donors (Lipinski definition) is 4. The fourth-order valence-corrected chi connectivity index (χ4v) is 10.2. The molecule has 4 unspecified atom stereocenters. The first-order valence-electron chi connectivity index (χ1n) is 20.0. The predicted molar refractivity (Wildman–Crippen MR) is 207 cm³/mol. The van der Waals surface area contributed by atoms with Crippen molar-refractivity contribution in [2.24, 2.45) is 34.3 Å². The Morgan fingerprint density at radius 3 is 2.27 bits per heavy atom. The lowest BCUT2D eigenvalue weighted by atomic mass is 9.46. The van der Waals surface area contributed by atoms with Gasteiger partial charge in [-0.15, -0.1) is 0 Å². The largest absolute Gasteiger partial charge is 0.456 e. The molecule has 3 saturated carbocycles. The standard InChI is InChI=1S/C44H55N3O9/c1-42-20-18-31(48)24-30(42)16-17-32-33-19-21-44(54,43(33,2)25-36(49)38(32)42)37(50)27-55-40(52)34(15-9-10-22-45)46-39(51)35(23-28-11-5-3-6-12-28)47-41(53)56-26-29-13-7-4-8-14-29/h3-8,11-14,24,32-35,38,54H,9-10,15-23,25-27,45H2,1-2H3,(H,46,51)(H,47,53)/t32?,33?,34-,35?,38?,42-,43-,44-/m0/s1. The first-order valence-corrected chi connectivity index (χ1v) is 20.0. The van der Waals surface area contributed by atoms with Gasteiger partial charge in [-0.1, -0.05) is 80.1 Å². The monoisotopic (exact) mass is 769 g/mol. The number of nitrogens with two attached hydrogens (primary N) is 1. The molecule has 4 aliphatic rings. The molecule has 3 fully saturated rings. The molecular formula is C44H55N3O9. The predicted octanol–water partition coefficient (Wildman–Crippen LogP) is 4.69. The first kappa shape index (κ1) is 41.0. The van der Waals surface area contributed by atoms with Crippen LogP contribution in [-0.4, -0.2) is 71.3 Å². The molecule has 0 aliphatic heterocycles. The van der Waals surface area contributed by atoms with Crippen molar-refractivity contribution < 1.29 is 43.3 Å². The summed E-state index contributed by atoms with van der Waals surface area (Å²) in [5, 5.41) is 17.5. The van der Waals surface area contributed by atoms with Crippen LogP contribution in [0.2, 0.25) is 0 Å². The Balaban J connectivity index is 1.12. The Bertz CT molecular complexity index is 1830. The molecule has 5 N–H and O–H groups in total. The third-order valence-electron chi connectivity index (χ3n) is 13.3. The minimum atomic E-state index is -1.89. The summed E-state index contributed by atoms with van der Waals surface area (Å²) in [4.78, 5) is 80.6. The van der Waals surface area contributed by atoms with Crippen LogP contribution < -0.4 is 16.4 Å². The zero-order valence-corrected chi connectivity index (χ0v) is 32.4. The van der Waals surface area contributed by atoms with Gasteiger partial charge in [0.25, 0.3) is 0 Å². The summed E-state index contributed by atoms with van der Waals surface area (Å²) in [6.07, 6.45) is 5.40. The number of hydrogen-bond acceptors (Lipinski definition) is 10. The second kappa shape index (κ2) is 17.2. The quantitative estimate of drug-likeness (QED) is 0.146. The minimum Gasteiger partial charge on any atom is -0.456 e. The van der Waals surface area contributed by atoms with E-state index in [4.69, 9.17) is 15.2 Å². The van der Waals surface area contributed by atoms with Crippen LogP contribution in [0, 0.1) is 28.6 Å². The van der Waals surface area contributed by atoms with Gasteiger partial charge in [0.05, 0.1) is 0 Å². The molecule has 0 heterocycles. The lowest BCUT2D eigenvalue weighted by molar-refractivity contribution is -0.174. The number of alkyl carbamates (subject to hydrolysis) is 1. The summed E-state index contributed by atoms with van der Waals surface area (Å²) < 4.78 is 10.9. The van der Waals surface area contributed by atoms with Gasteiger partial charge >= 0.3 is 12.1 Å². The number of carbonyl (C=O) groups excluding carboxylic acids is 6. The van der Waals surface area contributed by atoms with Gasteiger partial charge < -0.3 is 30.9 Å². The van der Waals surface area contributed by atoms with Crippen molar-refractivity contribution in [3.05, 3.63) is 83.4 Å². The average Bonchev–Trinajstić information content (AvgIpc) is 3.46. The highest BCUT2D eigenvalue weighted by Gasteiger charge is 2.68. The summed E-state index contributed by atoms with van der Waals surface area (Å²) in [7, 11) is 0. The Hall–Kier alpha value is -4.68. The zero-order valence-electron chi connectivity index (χ0n) is 32.4. The highest BCUT2D eigenvalue weighted by Crippen LogP contribution is 2.66. The van der Waals surface area contributed by atoms with E-state index in [1.54, 1.807) is 6.08 Å². The molecular weight excluding hydrogens is 714 g/mol. The number of ketones is 3. The highest BCUT2D eigenvalue weighted by atomic mass is 16.5. The van der Waals surface area contributed by atoms with E-state index >= 15 is 0 Å². The number of amides is 2. The number of fused-ring (bicyclic) bond motifs is 5. The van der Waals surface area contributed by atoms with Crippen molar-refractivity contribution >= 4 is 35.3 Å². The van der Waals surface area contributed by atoms with Gasteiger partial charge in [0.15, 0.2) is 12.4 Å². The molecule has 300 valence electrons. The van der Waals surface area contributed by atoms with Gasteiger partial charge in [0.1, 0.15) is 30.1 Å². The summed E-state index contributed by atoms with van der Waals surface area (Å²) in [5.74, 6) is -2.47. The van der Waals surface area contributed by atoms with Gasteiger partial charge in [-0.2, -0.15) is 0 Å². The van der Waals surface area contributed by atoms with Crippen LogP contribution in [0.25, 0.3) is 0 Å². The second-order valence-corrected chi connectivity index (χ2v) is 16.6. The van der Waals surface area contributed by atoms with Gasteiger partial charge in [-0.05, 0) is 92.4 Å². The molecule has 0 spiro atoms. The second-order valence-electron chi connectivity index (χ2n) is 16.6. The van der Waals surface area contributed by atoms with Gasteiger partial charge in [-0.3, -0.25) is 19.2 Å². The Morgan fingerprint density at radius 2 is 1.57 bits per heavy atom. The van der Waals surface area contributed by atoms with Crippen LogP contribution in [0.15, 0.2) is 72.3 Å². The maximum atomic E-state index is 14.0. The maximum Gasteiger partial charge on any atom is 0.408 e. The number of carbonyl (C=O) groups is 6. The number of Topliss-reactive ketones (excluding diaryl/α,β-unsaturated/α-hetero) is 2.